The minimum atomic E-state index is -0.268. The maximum Gasteiger partial charge on any atom is 0.339 e. The molecule has 3 aromatic rings. The molecule has 28 heavy (non-hydrogen) atoms. The van der Waals surface area contributed by atoms with Gasteiger partial charge >= 0.3 is 5.97 Å². The quantitative estimate of drug-likeness (QED) is 0.466. The van der Waals surface area contributed by atoms with Crippen LogP contribution in [0.2, 0.25) is 10.0 Å². The highest BCUT2D eigenvalue weighted by Crippen LogP contribution is 2.35. The summed E-state index contributed by atoms with van der Waals surface area (Å²) in [4.78, 5) is 12.6. The van der Waals surface area contributed by atoms with Crippen LogP contribution in [0.15, 0.2) is 72.8 Å². The molecule has 1 heterocycles. The molecule has 0 fully saturated rings. The molecule has 1 aliphatic heterocycles. The fourth-order valence-electron chi connectivity index (χ4n) is 3.52. The second-order valence-electron chi connectivity index (χ2n) is 6.69. The Morgan fingerprint density at radius 2 is 1.54 bits per heavy atom. The Balaban J connectivity index is 1.70. The van der Waals surface area contributed by atoms with E-state index in [1.54, 1.807) is 6.07 Å². The first-order valence-corrected chi connectivity index (χ1v) is 9.87. The number of hydrogen-bond donors (Lipinski definition) is 0. The smallest absolute Gasteiger partial charge is 0.339 e. The fourth-order valence-corrected chi connectivity index (χ4v) is 4.02. The Bertz CT molecular complexity index is 1060. The first-order chi connectivity index (χ1) is 13.6. The molecular weight excluding hydrogens is 391 g/mol. The summed E-state index contributed by atoms with van der Waals surface area (Å²) >= 11 is 12.3. The van der Waals surface area contributed by atoms with Crippen molar-refractivity contribution in [1.82, 2.24) is 0 Å². The van der Waals surface area contributed by atoms with Crippen molar-refractivity contribution in [3.05, 3.63) is 105 Å². The fraction of sp³-hybridized carbons (Fsp3) is 0.125. The van der Waals surface area contributed by atoms with E-state index < -0.39 is 0 Å². The number of carbonyl (C=O) groups excluding carboxylic acids is 1. The van der Waals surface area contributed by atoms with Crippen molar-refractivity contribution in [3.63, 3.8) is 0 Å². The zero-order valence-corrected chi connectivity index (χ0v) is 16.6. The lowest BCUT2D eigenvalue weighted by atomic mass is 9.91. The van der Waals surface area contributed by atoms with Crippen LogP contribution in [0.1, 0.15) is 22.3 Å². The van der Waals surface area contributed by atoms with Gasteiger partial charge in [-0.05, 0) is 47.2 Å². The Morgan fingerprint density at radius 3 is 2.32 bits per heavy atom. The summed E-state index contributed by atoms with van der Waals surface area (Å²) in [6, 6.07) is 23.5. The van der Waals surface area contributed by atoms with E-state index in [0.717, 1.165) is 40.7 Å². The molecule has 4 heteroatoms. The van der Waals surface area contributed by atoms with Crippen LogP contribution in [0, 0.1) is 0 Å². The van der Waals surface area contributed by atoms with Crippen LogP contribution < -0.4 is 0 Å². The van der Waals surface area contributed by atoms with Gasteiger partial charge in [-0.1, -0.05) is 83.9 Å². The molecule has 2 nitrogen and oxygen atoms in total. The Kier molecular flexibility index (Phi) is 5.52. The monoisotopic (exact) mass is 408 g/mol. The van der Waals surface area contributed by atoms with Crippen molar-refractivity contribution in [2.75, 3.05) is 6.61 Å². The van der Waals surface area contributed by atoms with Gasteiger partial charge in [-0.15, -0.1) is 0 Å². The molecule has 0 bridgehead atoms. The molecule has 1 aliphatic rings. The Hall–Kier alpha value is -2.55. The molecular formula is C24H18Cl2O2. The van der Waals surface area contributed by atoms with E-state index in [1.165, 1.54) is 0 Å². The SMILES string of the molecule is O=C1OCC(c2ccccc2)=C1c1ccccc1CCc1ccc(Cl)cc1Cl. The van der Waals surface area contributed by atoms with Gasteiger partial charge in [0.05, 0.1) is 5.57 Å². The van der Waals surface area contributed by atoms with Crippen LogP contribution in [0.25, 0.3) is 11.1 Å². The average molecular weight is 409 g/mol. The average Bonchev–Trinajstić information content (AvgIpc) is 3.09. The highest BCUT2D eigenvalue weighted by Gasteiger charge is 2.28. The van der Waals surface area contributed by atoms with Crippen LogP contribution >= 0.6 is 23.2 Å². The van der Waals surface area contributed by atoms with Gasteiger partial charge < -0.3 is 4.74 Å². The van der Waals surface area contributed by atoms with Crippen molar-refractivity contribution >= 4 is 40.3 Å². The van der Waals surface area contributed by atoms with Crippen LogP contribution in [0.3, 0.4) is 0 Å². The predicted molar refractivity (Wildman–Crippen MR) is 115 cm³/mol. The van der Waals surface area contributed by atoms with Crippen molar-refractivity contribution in [3.8, 4) is 0 Å². The highest BCUT2D eigenvalue weighted by atomic mass is 35.5. The Labute approximate surface area is 174 Å². The van der Waals surface area contributed by atoms with Crippen molar-refractivity contribution < 1.29 is 9.53 Å². The van der Waals surface area contributed by atoms with Crippen LogP contribution in [0.5, 0.6) is 0 Å². The van der Waals surface area contributed by atoms with E-state index in [-0.39, 0.29) is 5.97 Å². The lowest BCUT2D eigenvalue weighted by molar-refractivity contribution is -0.133. The first kappa shape index (κ1) is 18.8. The van der Waals surface area contributed by atoms with Crippen LogP contribution in [-0.2, 0) is 22.4 Å². The number of esters is 1. The van der Waals surface area contributed by atoms with Crippen molar-refractivity contribution in [2.45, 2.75) is 12.8 Å². The van der Waals surface area contributed by atoms with E-state index >= 15 is 0 Å². The van der Waals surface area contributed by atoms with Gasteiger partial charge in [0.15, 0.2) is 0 Å². The molecule has 0 spiro atoms. The molecule has 4 rings (SSSR count). The van der Waals surface area contributed by atoms with Gasteiger partial charge in [0.25, 0.3) is 0 Å². The number of benzene rings is 3. The molecule has 0 unspecified atom stereocenters. The predicted octanol–water partition coefficient (Wildman–Crippen LogP) is 6.25. The number of aryl methyl sites for hydroxylation is 2. The van der Waals surface area contributed by atoms with Crippen molar-refractivity contribution in [1.29, 1.82) is 0 Å². The van der Waals surface area contributed by atoms with E-state index in [4.69, 9.17) is 27.9 Å². The zero-order chi connectivity index (χ0) is 19.5. The summed E-state index contributed by atoms with van der Waals surface area (Å²) in [7, 11) is 0. The van der Waals surface area contributed by atoms with Gasteiger partial charge in [0.2, 0.25) is 0 Å². The van der Waals surface area contributed by atoms with E-state index in [0.29, 0.717) is 22.2 Å². The van der Waals surface area contributed by atoms with Crippen LogP contribution in [0.4, 0.5) is 0 Å². The topological polar surface area (TPSA) is 26.3 Å². The van der Waals surface area contributed by atoms with E-state index in [2.05, 4.69) is 6.07 Å². The summed E-state index contributed by atoms with van der Waals surface area (Å²) < 4.78 is 5.39. The maximum absolute atomic E-state index is 12.6. The lowest BCUT2D eigenvalue weighted by Gasteiger charge is -2.12. The standard InChI is InChI=1S/C24H18Cl2O2/c25-19-13-12-18(22(26)14-19)11-10-17-8-4-5-9-20(17)23-21(15-28-24(23)27)16-6-2-1-3-7-16/h1-9,12-14H,10-11,15H2. The van der Waals surface area contributed by atoms with Crippen molar-refractivity contribution in [2.24, 2.45) is 0 Å². The number of ether oxygens (including phenoxy) is 1. The molecule has 0 atom stereocenters. The van der Waals surface area contributed by atoms with Crippen LogP contribution in [-0.4, -0.2) is 12.6 Å². The van der Waals surface area contributed by atoms with Gasteiger partial charge in [-0.3, -0.25) is 0 Å². The molecule has 0 saturated carbocycles. The van der Waals surface area contributed by atoms with Gasteiger partial charge in [0, 0.05) is 15.6 Å². The lowest BCUT2D eigenvalue weighted by Crippen LogP contribution is -2.03. The number of carbonyl (C=O) groups is 1. The zero-order valence-electron chi connectivity index (χ0n) is 15.1. The summed E-state index contributed by atoms with van der Waals surface area (Å²) in [6.07, 6.45) is 1.52. The number of hydrogen-bond acceptors (Lipinski definition) is 2. The minimum absolute atomic E-state index is 0.268. The third kappa shape index (κ3) is 3.84. The molecule has 0 saturated heterocycles. The molecule has 0 amide bonds. The van der Waals surface area contributed by atoms with Gasteiger partial charge in [-0.25, -0.2) is 4.79 Å². The summed E-state index contributed by atoms with van der Waals surface area (Å²) in [5.41, 5.74) is 5.65. The first-order valence-electron chi connectivity index (χ1n) is 9.11. The van der Waals surface area contributed by atoms with Gasteiger partial charge in [-0.2, -0.15) is 0 Å². The van der Waals surface area contributed by atoms with E-state index in [1.807, 2.05) is 60.7 Å². The molecule has 0 aromatic heterocycles. The molecule has 3 aromatic carbocycles. The molecule has 0 N–H and O–H groups in total. The third-order valence-electron chi connectivity index (χ3n) is 4.94. The molecule has 0 aliphatic carbocycles. The van der Waals surface area contributed by atoms with E-state index in [9.17, 15) is 4.79 Å². The normalized spacial score (nSPS) is 13.7. The second kappa shape index (κ2) is 8.22. The maximum atomic E-state index is 12.6. The summed E-state index contributed by atoms with van der Waals surface area (Å²) in [6.45, 7) is 0.301. The summed E-state index contributed by atoms with van der Waals surface area (Å²) in [5, 5.41) is 1.29. The number of cyclic esters (lactones) is 1. The van der Waals surface area contributed by atoms with Gasteiger partial charge in [0.1, 0.15) is 6.61 Å². The molecule has 140 valence electrons. The Morgan fingerprint density at radius 1 is 0.821 bits per heavy atom. The third-order valence-corrected chi connectivity index (χ3v) is 5.53. The minimum Gasteiger partial charge on any atom is -0.457 e. The second-order valence-corrected chi connectivity index (χ2v) is 7.53. The molecule has 0 radical (unpaired) electrons. The largest absolute Gasteiger partial charge is 0.457 e. The highest BCUT2D eigenvalue weighted by molar-refractivity contribution is 6.35. The number of rotatable bonds is 5. The summed E-state index contributed by atoms with van der Waals surface area (Å²) in [5.74, 6) is -0.268. The number of halogens is 2.